The Morgan fingerprint density at radius 3 is 2.87 bits per heavy atom. The summed E-state index contributed by atoms with van der Waals surface area (Å²) in [6.07, 6.45) is 2.74. The molecule has 0 spiro atoms. The van der Waals surface area contributed by atoms with Crippen LogP contribution in [0.15, 0.2) is 12.3 Å². The molecule has 1 aromatic heterocycles. The molecule has 84 valence electrons. The first-order chi connectivity index (χ1) is 7.24. The second-order valence-electron chi connectivity index (χ2n) is 3.11. The molecule has 0 amide bonds. The molecular formula is C10H14F2N2O. The van der Waals surface area contributed by atoms with Gasteiger partial charge in [-0.2, -0.15) is 0 Å². The van der Waals surface area contributed by atoms with E-state index in [-0.39, 0.29) is 5.82 Å². The summed E-state index contributed by atoms with van der Waals surface area (Å²) in [5.74, 6) is -1.24. The molecule has 0 bridgehead atoms. The number of methoxy groups -OCH3 is 1. The number of rotatable bonds is 6. The van der Waals surface area contributed by atoms with Crippen molar-refractivity contribution in [1.29, 1.82) is 0 Å². The summed E-state index contributed by atoms with van der Waals surface area (Å²) in [6.45, 7) is 1.28. The van der Waals surface area contributed by atoms with E-state index in [1.54, 1.807) is 7.11 Å². The molecule has 0 saturated carbocycles. The molecule has 0 saturated heterocycles. The van der Waals surface area contributed by atoms with Crippen LogP contribution in [-0.4, -0.2) is 25.2 Å². The van der Waals surface area contributed by atoms with Gasteiger partial charge in [0.1, 0.15) is 5.82 Å². The smallest absolute Gasteiger partial charge is 0.168 e. The molecule has 15 heavy (non-hydrogen) atoms. The van der Waals surface area contributed by atoms with E-state index in [9.17, 15) is 8.78 Å². The minimum atomic E-state index is -0.669. The van der Waals surface area contributed by atoms with Gasteiger partial charge in [-0.3, -0.25) is 0 Å². The second-order valence-corrected chi connectivity index (χ2v) is 3.11. The lowest BCUT2D eigenvalue weighted by Crippen LogP contribution is -2.06. The van der Waals surface area contributed by atoms with Crippen molar-refractivity contribution < 1.29 is 13.5 Å². The Kier molecular flexibility index (Phi) is 4.97. The lowest BCUT2D eigenvalue weighted by atomic mass is 10.3. The zero-order chi connectivity index (χ0) is 11.1. The van der Waals surface area contributed by atoms with Crippen molar-refractivity contribution in [3.63, 3.8) is 0 Å². The number of nitrogens with one attached hydrogen (secondary N) is 1. The summed E-state index contributed by atoms with van der Waals surface area (Å²) >= 11 is 0. The second kappa shape index (κ2) is 6.29. The zero-order valence-electron chi connectivity index (χ0n) is 8.59. The average Bonchev–Trinajstić information content (AvgIpc) is 2.20. The molecular weight excluding hydrogens is 202 g/mol. The molecule has 1 heterocycles. The summed E-state index contributed by atoms with van der Waals surface area (Å²) in [5.41, 5.74) is 0. The summed E-state index contributed by atoms with van der Waals surface area (Å²) in [6, 6.07) is 0.810. The monoisotopic (exact) mass is 216 g/mol. The van der Waals surface area contributed by atoms with Crippen LogP contribution in [0.2, 0.25) is 0 Å². The van der Waals surface area contributed by atoms with Gasteiger partial charge in [0.05, 0.1) is 6.20 Å². The third-order valence-electron chi connectivity index (χ3n) is 1.88. The van der Waals surface area contributed by atoms with E-state index in [1.165, 1.54) is 0 Å². The first-order valence-corrected chi connectivity index (χ1v) is 4.78. The number of aromatic nitrogens is 1. The van der Waals surface area contributed by atoms with Gasteiger partial charge in [0, 0.05) is 26.3 Å². The Labute approximate surface area is 87.5 Å². The Hall–Kier alpha value is -1.23. The molecule has 3 nitrogen and oxygen atoms in total. The Morgan fingerprint density at radius 1 is 1.40 bits per heavy atom. The van der Waals surface area contributed by atoms with Crippen LogP contribution in [0.5, 0.6) is 0 Å². The van der Waals surface area contributed by atoms with Crippen LogP contribution in [0.4, 0.5) is 14.6 Å². The molecule has 0 radical (unpaired) electrons. The van der Waals surface area contributed by atoms with E-state index in [1.807, 2.05) is 0 Å². The zero-order valence-corrected chi connectivity index (χ0v) is 8.59. The topological polar surface area (TPSA) is 34.1 Å². The number of pyridine rings is 1. The van der Waals surface area contributed by atoms with Crippen molar-refractivity contribution in [2.75, 3.05) is 25.6 Å². The summed E-state index contributed by atoms with van der Waals surface area (Å²) in [4.78, 5) is 3.60. The highest BCUT2D eigenvalue weighted by Crippen LogP contribution is 2.10. The van der Waals surface area contributed by atoms with Crippen LogP contribution in [0.1, 0.15) is 12.8 Å². The lowest BCUT2D eigenvalue weighted by Gasteiger charge is -2.05. The number of halogens is 2. The molecule has 0 atom stereocenters. The van der Waals surface area contributed by atoms with Crippen LogP contribution < -0.4 is 5.32 Å². The van der Waals surface area contributed by atoms with Crippen molar-refractivity contribution in [2.24, 2.45) is 0 Å². The van der Waals surface area contributed by atoms with Gasteiger partial charge in [0.15, 0.2) is 11.6 Å². The third kappa shape index (κ3) is 4.20. The van der Waals surface area contributed by atoms with E-state index in [0.717, 1.165) is 25.1 Å². The Balaban J connectivity index is 2.31. The number of nitrogens with zero attached hydrogens (tertiary/aromatic N) is 1. The van der Waals surface area contributed by atoms with Crippen LogP contribution in [-0.2, 0) is 4.74 Å². The van der Waals surface area contributed by atoms with E-state index in [0.29, 0.717) is 13.2 Å². The van der Waals surface area contributed by atoms with Gasteiger partial charge in [0.25, 0.3) is 0 Å². The maximum absolute atomic E-state index is 13.0. The van der Waals surface area contributed by atoms with Crippen molar-refractivity contribution in [3.05, 3.63) is 23.9 Å². The Bertz CT molecular complexity index is 307. The third-order valence-corrected chi connectivity index (χ3v) is 1.88. The highest BCUT2D eigenvalue weighted by atomic mass is 19.1. The van der Waals surface area contributed by atoms with Crippen molar-refractivity contribution in [2.45, 2.75) is 12.8 Å². The van der Waals surface area contributed by atoms with Gasteiger partial charge >= 0.3 is 0 Å². The van der Waals surface area contributed by atoms with Crippen molar-refractivity contribution in [1.82, 2.24) is 4.98 Å². The van der Waals surface area contributed by atoms with Gasteiger partial charge in [-0.25, -0.2) is 13.8 Å². The van der Waals surface area contributed by atoms with E-state index in [4.69, 9.17) is 4.74 Å². The number of anilines is 1. The van der Waals surface area contributed by atoms with Crippen LogP contribution in [0, 0.1) is 11.6 Å². The SMILES string of the molecule is COCCCCNc1ncc(F)cc1F. The quantitative estimate of drug-likeness (QED) is 0.740. The minimum Gasteiger partial charge on any atom is -0.385 e. The van der Waals surface area contributed by atoms with Crippen LogP contribution >= 0.6 is 0 Å². The summed E-state index contributed by atoms with van der Waals surface area (Å²) in [5, 5.41) is 2.79. The predicted octanol–water partition coefficient (Wildman–Crippen LogP) is 2.20. The average molecular weight is 216 g/mol. The fraction of sp³-hybridized carbons (Fsp3) is 0.500. The van der Waals surface area contributed by atoms with Gasteiger partial charge in [-0.1, -0.05) is 0 Å². The maximum atomic E-state index is 13.0. The largest absolute Gasteiger partial charge is 0.385 e. The number of unbranched alkanes of at least 4 members (excludes halogenated alkanes) is 1. The van der Waals surface area contributed by atoms with E-state index in [2.05, 4.69) is 10.3 Å². The molecule has 0 aliphatic rings. The van der Waals surface area contributed by atoms with Gasteiger partial charge in [-0.05, 0) is 12.8 Å². The fourth-order valence-corrected chi connectivity index (χ4v) is 1.12. The molecule has 0 fully saturated rings. The predicted molar refractivity (Wildman–Crippen MR) is 53.8 cm³/mol. The summed E-state index contributed by atoms with van der Waals surface area (Å²) < 4.78 is 30.4. The standard InChI is InChI=1S/C10H14F2N2O/c1-15-5-3-2-4-13-10-9(12)6-8(11)7-14-10/h6-7H,2-5H2,1H3,(H,13,14). The number of hydrogen-bond donors (Lipinski definition) is 1. The van der Waals surface area contributed by atoms with Gasteiger partial charge in [0.2, 0.25) is 0 Å². The molecule has 0 aliphatic heterocycles. The molecule has 1 N–H and O–H groups in total. The van der Waals surface area contributed by atoms with E-state index < -0.39 is 11.6 Å². The highest BCUT2D eigenvalue weighted by Gasteiger charge is 2.03. The molecule has 1 aromatic rings. The number of hydrogen-bond acceptors (Lipinski definition) is 3. The highest BCUT2D eigenvalue weighted by molar-refractivity contribution is 5.35. The summed E-state index contributed by atoms with van der Waals surface area (Å²) in [7, 11) is 1.63. The normalized spacial score (nSPS) is 10.3. The minimum absolute atomic E-state index is 0.0915. The molecule has 0 unspecified atom stereocenters. The van der Waals surface area contributed by atoms with Gasteiger partial charge in [-0.15, -0.1) is 0 Å². The van der Waals surface area contributed by atoms with E-state index >= 15 is 0 Å². The first kappa shape index (κ1) is 11.8. The first-order valence-electron chi connectivity index (χ1n) is 4.78. The van der Waals surface area contributed by atoms with Crippen molar-refractivity contribution >= 4 is 5.82 Å². The lowest BCUT2D eigenvalue weighted by molar-refractivity contribution is 0.193. The number of ether oxygens (including phenoxy) is 1. The molecule has 5 heteroatoms. The van der Waals surface area contributed by atoms with Crippen LogP contribution in [0.3, 0.4) is 0 Å². The molecule has 0 aliphatic carbocycles. The van der Waals surface area contributed by atoms with Crippen LogP contribution in [0.25, 0.3) is 0 Å². The van der Waals surface area contributed by atoms with Gasteiger partial charge < -0.3 is 10.1 Å². The fourth-order valence-electron chi connectivity index (χ4n) is 1.12. The molecule has 1 rings (SSSR count). The molecule has 0 aromatic carbocycles. The maximum Gasteiger partial charge on any atom is 0.168 e. The Morgan fingerprint density at radius 2 is 2.20 bits per heavy atom. The van der Waals surface area contributed by atoms with Crippen molar-refractivity contribution in [3.8, 4) is 0 Å².